The first-order chi connectivity index (χ1) is 12.2. The number of nitrogens with two attached hydrogens (primary N) is 1. The minimum atomic E-state index is 0.0474. The Morgan fingerprint density at radius 1 is 1.36 bits per heavy atom. The van der Waals surface area contributed by atoms with Crippen LogP contribution in [0.1, 0.15) is 50.4 Å². The predicted molar refractivity (Wildman–Crippen MR) is 102 cm³/mol. The van der Waals surface area contributed by atoms with Crippen LogP contribution >= 0.6 is 0 Å². The summed E-state index contributed by atoms with van der Waals surface area (Å²) in [4.78, 5) is 2.01. The van der Waals surface area contributed by atoms with E-state index in [0.717, 1.165) is 32.2 Å². The van der Waals surface area contributed by atoms with Gasteiger partial charge in [0, 0.05) is 23.0 Å². The molecule has 0 unspecified atom stereocenters. The minimum absolute atomic E-state index is 0.0474. The van der Waals surface area contributed by atoms with E-state index < -0.39 is 0 Å². The van der Waals surface area contributed by atoms with Crippen LogP contribution < -0.4 is 5.73 Å². The highest BCUT2D eigenvalue weighted by atomic mass is 15.2. The maximum absolute atomic E-state index is 9.85. The Labute approximate surface area is 149 Å². The van der Waals surface area contributed by atoms with Gasteiger partial charge in [0.1, 0.15) is 0 Å². The van der Waals surface area contributed by atoms with Crippen molar-refractivity contribution < 1.29 is 0 Å². The van der Waals surface area contributed by atoms with Crippen LogP contribution in [-0.4, -0.2) is 22.6 Å². The monoisotopic (exact) mass is 334 g/mol. The number of piperidine rings is 1. The molecule has 2 aromatic rings. The van der Waals surface area contributed by atoms with Gasteiger partial charge in [-0.3, -0.25) is 0 Å². The molecule has 0 radical (unpaired) electrons. The minimum Gasteiger partial charge on any atom is -0.330 e. The molecule has 2 atom stereocenters. The lowest BCUT2D eigenvalue weighted by Gasteiger charge is -2.49. The van der Waals surface area contributed by atoms with Crippen LogP contribution in [0.5, 0.6) is 0 Å². The summed E-state index contributed by atoms with van der Waals surface area (Å²) in [7, 11) is 0. The number of fused-ring (bicyclic) bond motifs is 5. The Bertz CT molecular complexity index is 885. The average molecular weight is 334 g/mol. The zero-order valence-corrected chi connectivity index (χ0v) is 15.1. The van der Waals surface area contributed by atoms with Crippen LogP contribution in [0.3, 0.4) is 0 Å². The normalized spacial score (nSPS) is 25.3. The first kappa shape index (κ1) is 16.2. The molecule has 1 fully saturated rings. The smallest absolute Gasteiger partial charge is 0.179 e. The second kappa shape index (κ2) is 5.93. The molecule has 4 heteroatoms. The number of likely N-dealkylation sites (tertiary alicyclic amines) is 1. The standard InChI is InChI=1S/C21H26N4/c1-3-21-10-6-12-24(14-23)20(21)19-17(9-11-22)16-7-4-5-8-18(16)25(19)15(2)13-21/h4-5,7-8,13,20H,3,6,9-12,22H2,1-2H3/t20-,21+/m1/s1. The topological polar surface area (TPSA) is 58.0 Å². The fraction of sp³-hybridized carbons (Fsp3) is 0.476. The lowest BCUT2D eigenvalue weighted by molar-refractivity contribution is 0.0778. The summed E-state index contributed by atoms with van der Waals surface area (Å²) in [5.74, 6) is 0. The van der Waals surface area contributed by atoms with Gasteiger partial charge in [0.05, 0.1) is 17.3 Å². The molecule has 0 aliphatic carbocycles. The third kappa shape index (κ3) is 2.15. The van der Waals surface area contributed by atoms with E-state index in [4.69, 9.17) is 5.73 Å². The number of aromatic nitrogens is 1. The molecule has 4 rings (SSSR count). The number of hydrogen-bond donors (Lipinski definition) is 1. The number of para-hydroxylation sites is 1. The van der Waals surface area contributed by atoms with Crippen LogP contribution in [-0.2, 0) is 6.42 Å². The number of nitriles is 1. The van der Waals surface area contributed by atoms with Crippen molar-refractivity contribution in [3.8, 4) is 6.19 Å². The summed E-state index contributed by atoms with van der Waals surface area (Å²) in [6.45, 7) is 5.95. The van der Waals surface area contributed by atoms with Gasteiger partial charge in [-0.1, -0.05) is 31.2 Å². The lowest BCUT2D eigenvalue weighted by Crippen LogP contribution is -2.46. The molecule has 1 aromatic heterocycles. The van der Waals surface area contributed by atoms with Gasteiger partial charge < -0.3 is 15.2 Å². The molecule has 0 saturated carbocycles. The molecule has 0 amide bonds. The molecule has 1 aromatic carbocycles. The first-order valence-corrected chi connectivity index (χ1v) is 9.35. The van der Waals surface area contributed by atoms with E-state index in [1.54, 1.807) is 0 Å². The van der Waals surface area contributed by atoms with E-state index in [1.165, 1.54) is 27.9 Å². The van der Waals surface area contributed by atoms with Crippen LogP contribution in [0.15, 0.2) is 30.3 Å². The Hall–Kier alpha value is -2.25. The third-order valence-electron chi connectivity index (χ3n) is 6.21. The van der Waals surface area contributed by atoms with Crippen molar-refractivity contribution in [2.75, 3.05) is 13.1 Å². The molecule has 2 N–H and O–H groups in total. The maximum atomic E-state index is 9.85. The Morgan fingerprint density at radius 3 is 2.88 bits per heavy atom. The zero-order valence-electron chi connectivity index (χ0n) is 15.1. The quantitative estimate of drug-likeness (QED) is 0.862. The predicted octanol–water partition coefficient (Wildman–Crippen LogP) is 4.03. The lowest BCUT2D eigenvalue weighted by atomic mass is 9.67. The summed E-state index contributed by atoms with van der Waals surface area (Å²) in [6, 6.07) is 8.71. The van der Waals surface area contributed by atoms with E-state index in [9.17, 15) is 5.26 Å². The highest BCUT2D eigenvalue weighted by Crippen LogP contribution is 2.55. The van der Waals surface area contributed by atoms with E-state index >= 15 is 0 Å². The number of hydrogen-bond acceptors (Lipinski definition) is 3. The Balaban J connectivity index is 2.08. The van der Waals surface area contributed by atoms with Gasteiger partial charge in [-0.25, -0.2) is 0 Å². The van der Waals surface area contributed by atoms with Crippen molar-refractivity contribution in [2.24, 2.45) is 11.1 Å². The van der Waals surface area contributed by atoms with Gasteiger partial charge in [0.25, 0.3) is 0 Å². The van der Waals surface area contributed by atoms with Gasteiger partial charge in [-0.05, 0) is 50.8 Å². The van der Waals surface area contributed by atoms with Crippen molar-refractivity contribution >= 4 is 16.6 Å². The summed E-state index contributed by atoms with van der Waals surface area (Å²) in [6.07, 6.45) is 9.06. The molecular weight excluding hydrogens is 308 g/mol. The highest BCUT2D eigenvalue weighted by molar-refractivity contribution is 5.89. The molecule has 3 heterocycles. The number of allylic oxidation sites excluding steroid dienone is 1. The number of rotatable bonds is 3. The summed E-state index contributed by atoms with van der Waals surface area (Å²) in [5.41, 5.74) is 11.2. The molecular formula is C21H26N4. The maximum Gasteiger partial charge on any atom is 0.179 e. The molecule has 2 aliphatic heterocycles. The second-order valence-electron chi connectivity index (χ2n) is 7.43. The highest BCUT2D eigenvalue weighted by Gasteiger charge is 2.48. The molecule has 0 bridgehead atoms. The Kier molecular flexibility index (Phi) is 3.85. The largest absolute Gasteiger partial charge is 0.330 e. The van der Waals surface area contributed by atoms with Crippen molar-refractivity contribution in [3.63, 3.8) is 0 Å². The molecule has 0 spiro atoms. The third-order valence-corrected chi connectivity index (χ3v) is 6.21. The van der Waals surface area contributed by atoms with Gasteiger partial charge in [0.2, 0.25) is 0 Å². The van der Waals surface area contributed by atoms with E-state index in [-0.39, 0.29) is 11.5 Å². The van der Waals surface area contributed by atoms with Crippen LogP contribution in [0.2, 0.25) is 0 Å². The van der Waals surface area contributed by atoms with Gasteiger partial charge in [0.15, 0.2) is 6.19 Å². The first-order valence-electron chi connectivity index (χ1n) is 9.35. The summed E-state index contributed by atoms with van der Waals surface area (Å²) >= 11 is 0. The number of nitrogens with zero attached hydrogens (tertiary/aromatic N) is 3. The van der Waals surface area contributed by atoms with Gasteiger partial charge in [-0.15, -0.1) is 0 Å². The molecule has 25 heavy (non-hydrogen) atoms. The SMILES string of the molecule is CC[C@]12C=C(C)n3c(c(CCN)c4ccccc43)[C@H]1N(C#N)CCC2. The van der Waals surface area contributed by atoms with Crippen molar-refractivity contribution in [1.29, 1.82) is 5.26 Å². The van der Waals surface area contributed by atoms with Gasteiger partial charge >= 0.3 is 0 Å². The van der Waals surface area contributed by atoms with Crippen LogP contribution in [0.4, 0.5) is 0 Å². The van der Waals surface area contributed by atoms with E-state index in [1.807, 2.05) is 4.90 Å². The Morgan fingerprint density at radius 2 is 2.16 bits per heavy atom. The zero-order chi connectivity index (χ0) is 17.6. The molecule has 2 aliphatic rings. The van der Waals surface area contributed by atoms with Crippen molar-refractivity contribution in [2.45, 2.75) is 45.6 Å². The molecule has 130 valence electrons. The fourth-order valence-electron chi connectivity index (χ4n) is 5.19. The number of benzene rings is 1. The van der Waals surface area contributed by atoms with Gasteiger partial charge in [-0.2, -0.15) is 5.26 Å². The van der Waals surface area contributed by atoms with Crippen molar-refractivity contribution in [1.82, 2.24) is 9.47 Å². The average Bonchev–Trinajstić information content (AvgIpc) is 2.96. The van der Waals surface area contributed by atoms with Crippen LogP contribution in [0, 0.1) is 16.9 Å². The van der Waals surface area contributed by atoms with E-state index in [0.29, 0.717) is 6.54 Å². The van der Waals surface area contributed by atoms with E-state index in [2.05, 4.69) is 54.9 Å². The summed E-state index contributed by atoms with van der Waals surface area (Å²) in [5, 5.41) is 11.1. The molecule has 4 nitrogen and oxygen atoms in total. The summed E-state index contributed by atoms with van der Waals surface area (Å²) < 4.78 is 2.38. The van der Waals surface area contributed by atoms with Crippen LogP contribution in [0.25, 0.3) is 16.6 Å². The van der Waals surface area contributed by atoms with Crippen molar-refractivity contribution in [3.05, 3.63) is 41.6 Å². The fourth-order valence-corrected chi connectivity index (χ4v) is 5.19. The second-order valence-corrected chi connectivity index (χ2v) is 7.43. The molecule has 1 saturated heterocycles.